The first kappa shape index (κ1) is 11.4. The molecule has 1 aliphatic carbocycles. The number of hydrogen-bond acceptors (Lipinski definition) is 2. The second-order valence-corrected chi connectivity index (χ2v) is 4.65. The van der Waals surface area contributed by atoms with Gasteiger partial charge in [-0.05, 0) is 39.5 Å². The minimum absolute atomic E-state index is 0.0388. The summed E-state index contributed by atoms with van der Waals surface area (Å²) in [5, 5.41) is 0. The first-order valence-corrected chi connectivity index (χ1v) is 5.51. The Morgan fingerprint density at radius 1 is 1.00 bits per heavy atom. The number of rotatable bonds is 3. The van der Waals surface area contributed by atoms with E-state index in [1.807, 2.05) is 6.92 Å². The lowest BCUT2D eigenvalue weighted by molar-refractivity contribution is -0.141. The highest BCUT2D eigenvalue weighted by atomic mass is 16.2. The summed E-state index contributed by atoms with van der Waals surface area (Å²) in [5.41, 5.74) is -0.708. The van der Waals surface area contributed by atoms with E-state index >= 15 is 0 Å². The van der Waals surface area contributed by atoms with Crippen molar-refractivity contribution in [3.8, 4) is 0 Å². The molecule has 0 saturated heterocycles. The smallest absolute Gasteiger partial charge is 0.143 e. The van der Waals surface area contributed by atoms with Crippen molar-refractivity contribution in [2.24, 2.45) is 11.3 Å². The van der Waals surface area contributed by atoms with Gasteiger partial charge in [-0.2, -0.15) is 0 Å². The van der Waals surface area contributed by atoms with Gasteiger partial charge in [0.15, 0.2) is 0 Å². The SMILES string of the molecule is CC(=O)C(C)(C(C)=O)C1CCCCC1. The van der Waals surface area contributed by atoms with Crippen LogP contribution in [0.1, 0.15) is 52.9 Å². The van der Waals surface area contributed by atoms with Crippen molar-refractivity contribution in [3.05, 3.63) is 0 Å². The third-order valence-corrected chi connectivity index (χ3v) is 3.88. The van der Waals surface area contributed by atoms with Crippen molar-refractivity contribution in [1.29, 1.82) is 0 Å². The van der Waals surface area contributed by atoms with Crippen LogP contribution in [0.3, 0.4) is 0 Å². The van der Waals surface area contributed by atoms with Crippen LogP contribution in [0.25, 0.3) is 0 Å². The van der Waals surface area contributed by atoms with Crippen LogP contribution in [-0.2, 0) is 9.59 Å². The van der Waals surface area contributed by atoms with Gasteiger partial charge < -0.3 is 0 Å². The molecule has 0 spiro atoms. The number of ketones is 2. The highest BCUT2D eigenvalue weighted by Crippen LogP contribution is 2.39. The standard InChI is InChI=1S/C12H20O2/c1-9(13)12(3,10(2)14)11-7-5-4-6-8-11/h11H,4-8H2,1-3H3. The van der Waals surface area contributed by atoms with E-state index in [1.165, 1.54) is 19.3 Å². The normalized spacial score (nSPS) is 19.4. The molecular weight excluding hydrogens is 176 g/mol. The fraction of sp³-hybridized carbons (Fsp3) is 0.833. The predicted molar refractivity (Wildman–Crippen MR) is 56.0 cm³/mol. The van der Waals surface area contributed by atoms with E-state index in [0.29, 0.717) is 0 Å². The first-order chi connectivity index (χ1) is 6.49. The summed E-state index contributed by atoms with van der Waals surface area (Å²) >= 11 is 0. The van der Waals surface area contributed by atoms with Gasteiger partial charge in [-0.25, -0.2) is 0 Å². The van der Waals surface area contributed by atoms with Crippen molar-refractivity contribution >= 4 is 11.6 Å². The van der Waals surface area contributed by atoms with Gasteiger partial charge in [-0.3, -0.25) is 9.59 Å². The topological polar surface area (TPSA) is 34.1 Å². The molecule has 80 valence electrons. The molecule has 0 atom stereocenters. The van der Waals surface area contributed by atoms with Gasteiger partial charge in [0.2, 0.25) is 0 Å². The number of Topliss-reactive ketones (excluding diaryl/α,β-unsaturated/α-hetero) is 2. The van der Waals surface area contributed by atoms with Crippen LogP contribution in [0.2, 0.25) is 0 Å². The largest absolute Gasteiger partial charge is 0.299 e. The predicted octanol–water partition coefficient (Wildman–Crippen LogP) is 2.75. The summed E-state index contributed by atoms with van der Waals surface area (Å²) in [7, 11) is 0. The van der Waals surface area contributed by atoms with Crippen LogP contribution >= 0.6 is 0 Å². The Hall–Kier alpha value is -0.660. The van der Waals surface area contributed by atoms with Crippen LogP contribution < -0.4 is 0 Å². The Balaban J connectivity index is 2.86. The van der Waals surface area contributed by atoms with Crippen molar-refractivity contribution in [1.82, 2.24) is 0 Å². The van der Waals surface area contributed by atoms with Gasteiger partial charge in [0, 0.05) is 0 Å². The molecule has 0 aliphatic heterocycles. The molecule has 1 aliphatic rings. The van der Waals surface area contributed by atoms with E-state index in [2.05, 4.69) is 0 Å². The minimum atomic E-state index is -0.708. The number of hydrogen-bond donors (Lipinski definition) is 0. The Bertz CT molecular complexity index is 223. The molecule has 0 radical (unpaired) electrons. The molecular formula is C12H20O2. The summed E-state index contributed by atoms with van der Waals surface area (Å²) in [6, 6.07) is 0. The molecule has 0 unspecified atom stereocenters. The van der Waals surface area contributed by atoms with Crippen LogP contribution in [0, 0.1) is 11.3 Å². The molecule has 0 N–H and O–H groups in total. The first-order valence-electron chi connectivity index (χ1n) is 5.51. The zero-order valence-corrected chi connectivity index (χ0v) is 9.43. The average Bonchev–Trinajstić information content (AvgIpc) is 2.17. The second-order valence-electron chi connectivity index (χ2n) is 4.65. The lowest BCUT2D eigenvalue weighted by atomic mass is 9.66. The second kappa shape index (κ2) is 4.24. The molecule has 0 aromatic rings. The maximum atomic E-state index is 11.6. The highest BCUT2D eigenvalue weighted by molar-refractivity contribution is 6.04. The lowest BCUT2D eigenvalue weighted by Gasteiger charge is -2.35. The molecule has 0 amide bonds. The summed E-state index contributed by atoms with van der Waals surface area (Å²) in [6.45, 7) is 4.93. The number of carbonyl (C=O) groups is 2. The minimum Gasteiger partial charge on any atom is -0.299 e. The summed E-state index contributed by atoms with van der Waals surface area (Å²) in [6.07, 6.45) is 5.66. The highest BCUT2D eigenvalue weighted by Gasteiger charge is 2.42. The van der Waals surface area contributed by atoms with Gasteiger partial charge in [-0.1, -0.05) is 19.3 Å². The molecule has 1 saturated carbocycles. The van der Waals surface area contributed by atoms with Gasteiger partial charge in [0.1, 0.15) is 11.6 Å². The monoisotopic (exact) mass is 196 g/mol. The van der Waals surface area contributed by atoms with E-state index < -0.39 is 5.41 Å². The maximum Gasteiger partial charge on any atom is 0.143 e. The van der Waals surface area contributed by atoms with E-state index in [0.717, 1.165) is 12.8 Å². The summed E-state index contributed by atoms with van der Waals surface area (Å²) in [5.74, 6) is 0.361. The quantitative estimate of drug-likeness (QED) is 0.650. The van der Waals surface area contributed by atoms with Gasteiger partial charge >= 0.3 is 0 Å². The van der Waals surface area contributed by atoms with E-state index in [9.17, 15) is 9.59 Å². The van der Waals surface area contributed by atoms with E-state index in [1.54, 1.807) is 13.8 Å². The molecule has 14 heavy (non-hydrogen) atoms. The third kappa shape index (κ3) is 1.89. The Labute approximate surface area is 86.1 Å². The van der Waals surface area contributed by atoms with Gasteiger partial charge in [0.25, 0.3) is 0 Å². The molecule has 0 aromatic heterocycles. The Morgan fingerprint density at radius 2 is 1.43 bits per heavy atom. The molecule has 1 rings (SSSR count). The van der Waals surface area contributed by atoms with Crippen molar-refractivity contribution in [2.75, 3.05) is 0 Å². The van der Waals surface area contributed by atoms with Crippen LogP contribution in [0.4, 0.5) is 0 Å². The molecule has 0 aromatic carbocycles. The van der Waals surface area contributed by atoms with Crippen LogP contribution in [0.15, 0.2) is 0 Å². The zero-order valence-electron chi connectivity index (χ0n) is 9.43. The third-order valence-electron chi connectivity index (χ3n) is 3.88. The Kier molecular flexibility index (Phi) is 3.46. The van der Waals surface area contributed by atoms with Crippen LogP contribution in [-0.4, -0.2) is 11.6 Å². The van der Waals surface area contributed by atoms with Crippen molar-refractivity contribution in [2.45, 2.75) is 52.9 Å². The molecule has 1 fully saturated rings. The van der Waals surface area contributed by atoms with Crippen LogP contribution in [0.5, 0.6) is 0 Å². The molecule has 0 heterocycles. The average molecular weight is 196 g/mol. The number of carbonyl (C=O) groups excluding carboxylic acids is 2. The van der Waals surface area contributed by atoms with Crippen molar-refractivity contribution < 1.29 is 9.59 Å². The maximum absolute atomic E-state index is 11.6. The summed E-state index contributed by atoms with van der Waals surface area (Å²) in [4.78, 5) is 23.2. The summed E-state index contributed by atoms with van der Waals surface area (Å²) < 4.78 is 0. The van der Waals surface area contributed by atoms with Gasteiger partial charge in [-0.15, -0.1) is 0 Å². The van der Waals surface area contributed by atoms with Crippen molar-refractivity contribution in [3.63, 3.8) is 0 Å². The zero-order chi connectivity index (χ0) is 10.8. The van der Waals surface area contributed by atoms with Gasteiger partial charge in [0.05, 0.1) is 5.41 Å². The lowest BCUT2D eigenvalue weighted by Crippen LogP contribution is -2.41. The van der Waals surface area contributed by atoms with E-state index in [-0.39, 0.29) is 17.5 Å². The van der Waals surface area contributed by atoms with E-state index in [4.69, 9.17) is 0 Å². The fourth-order valence-corrected chi connectivity index (χ4v) is 2.50. The molecule has 2 heteroatoms. The molecule has 2 nitrogen and oxygen atoms in total. The fourth-order valence-electron chi connectivity index (χ4n) is 2.50. The Morgan fingerprint density at radius 3 is 1.79 bits per heavy atom. The molecule has 0 bridgehead atoms.